The van der Waals surface area contributed by atoms with Crippen LogP contribution >= 0.6 is 15.9 Å². The summed E-state index contributed by atoms with van der Waals surface area (Å²) >= 11 is 3.46. The number of carbonyl (C=O) groups excluding carboxylic acids is 1. The third-order valence-electron chi connectivity index (χ3n) is 3.54. The Bertz CT molecular complexity index is 442. The molecule has 0 bridgehead atoms. The fourth-order valence-electron chi connectivity index (χ4n) is 2.45. The van der Waals surface area contributed by atoms with Crippen molar-refractivity contribution in [2.24, 2.45) is 5.92 Å². The quantitative estimate of drug-likeness (QED) is 0.779. The van der Waals surface area contributed by atoms with E-state index in [1.165, 1.54) is 7.11 Å². The predicted octanol–water partition coefficient (Wildman–Crippen LogP) is 3.21. The number of benzene rings is 1. The highest BCUT2D eigenvalue weighted by Gasteiger charge is 2.60. The molecule has 0 spiro atoms. The van der Waals surface area contributed by atoms with Gasteiger partial charge >= 0.3 is 5.97 Å². The van der Waals surface area contributed by atoms with E-state index >= 15 is 0 Å². The minimum Gasteiger partial charge on any atom is -0.468 e. The van der Waals surface area contributed by atoms with Gasteiger partial charge in [-0.2, -0.15) is 0 Å². The van der Waals surface area contributed by atoms with E-state index in [4.69, 9.17) is 4.74 Å². The Hall–Kier alpha value is -0.830. The van der Waals surface area contributed by atoms with Gasteiger partial charge in [-0.3, -0.25) is 4.79 Å². The van der Waals surface area contributed by atoms with E-state index in [-0.39, 0.29) is 5.97 Å². The summed E-state index contributed by atoms with van der Waals surface area (Å²) in [5, 5.41) is 0. The number of ether oxygens (including phenoxy) is 1. The van der Waals surface area contributed by atoms with Crippen LogP contribution in [0.3, 0.4) is 0 Å². The van der Waals surface area contributed by atoms with Gasteiger partial charge in [0.2, 0.25) is 0 Å². The Balaban J connectivity index is 2.50. The van der Waals surface area contributed by atoms with Gasteiger partial charge in [-0.15, -0.1) is 0 Å². The summed E-state index contributed by atoms with van der Waals surface area (Å²) in [5.41, 5.74) is 1.85. The minimum atomic E-state index is -0.400. The van der Waals surface area contributed by atoms with Crippen LogP contribution in [0.15, 0.2) is 22.7 Å². The number of esters is 1. The Morgan fingerprint density at radius 3 is 2.69 bits per heavy atom. The maximum Gasteiger partial charge on any atom is 0.316 e. The van der Waals surface area contributed by atoms with E-state index in [1.807, 2.05) is 25.1 Å². The highest BCUT2D eigenvalue weighted by Crippen LogP contribution is 2.56. The third-order valence-corrected chi connectivity index (χ3v) is 4.03. The number of methoxy groups -OCH3 is 1. The molecule has 0 heterocycles. The lowest BCUT2D eigenvalue weighted by Gasteiger charge is -2.17. The SMILES string of the molecule is COC(=O)C1(c2cc(Br)ccc2C)CC1C. The fourth-order valence-corrected chi connectivity index (χ4v) is 2.81. The standard InChI is InChI=1S/C13H15BrO2/c1-8-4-5-10(14)6-11(8)13(7-9(13)2)12(15)16-3/h4-6,9H,7H2,1-3H3. The van der Waals surface area contributed by atoms with E-state index in [9.17, 15) is 4.79 Å². The highest BCUT2D eigenvalue weighted by atomic mass is 79.9. The van der Waals surface area contributed by atoms with Gasteiger partial charge in [-0.25, -0.2) is 0 Å². The van der Waals surface area contributed by atoms with E-state index in [0.29, 0.717) is 5.92 Å². The molecular weight excluding hydrogens is 268 g/mol. The number of carbonyl (C=O) groups is 1. The average molecular weight is 283 g/mol. The molecule has 2 rings (SSSR count). The van der Waals surface area contributed by atoms with Crippen LogP contribution in [0.1, 0.15) is 24.5 Å². The van der Waals surface area contributed by atoms with Crippen molar-refractivity contribution in [1.29, 1.82) is 0 Å². The first kappa shape index (κ1) is 11.6. The van der Waals surface area contributed by atoms with Gasteiger partial charge in [-0.1, -0.05) is 28.9 Å². The van der Waals surface area contributed by atoms with Crippen LogP contribution in [0.5, 0.6) is 0 Å². The van der Waals surface area contributed by atoms with Crippen LogP contribution < -0.4 is 0 Å². The van der Waals surface area contributed by atoms with Crippen LogP contribution in [0, 0.1) is 12.8 Å². The summed E-state index contributed by atoms with van der Waals surface area (Å²) in [7, 11) is 1.46. The number of rotatable bonds is 2. The Morgan fingerprint density at radius 2 is 2.19 bits per heavy atom. The molecular formula is C13H15BrO2. The van der Waals surface area contributed by atoms with Gasteiger partial charge in [0.05, 0.1) is 12.5 Å². The molecule has 2 atom stereocenters. The lowest BCUT2D eigenvalue weighted by Crippen LogP contribution is -2.25. The zero-order valence-corrected chi connectivity index (χ0v) is 11.3. The van der Waals surface area contributed by atoms with Crippen LogP contribution in [0.2, 0.25) is 0 Å². The summed E-state index contributed by atoms with van der Waals surface area (Å²) in [6.45, 7) is 4.13. The van der Waals surface area contributed by atoms with Crippen molar-refractivity contribution >= 4 is 21.9 Å². The van der Waals surface area contributed by atoms with Crippen molar-refractivity contribution < 1.29 is 9.53 Å². The molecule has 0 N–H and O–H groups in total. The monoisotopic (exact) mass is 282 g/mol. The molecule has 0 saturated heterocycles. The van der Waals surface area contributed by atoms with Gasteiger partial charge in [-0.05, 0) is 42.5 Å². The molecule has 1 aliphatic rings. The second-order valence-corrected chi connectivity index (χ2v) is 5.44. The molecule has 0 aliphatic heterocycles. The van der Waals surface area contributed by atoms with E-state index in [0.717, 1.165) is 22.0 Å². The summed E-state index contributed by atoms with van der Waals surface area (Å²) in [5.74, 6) is 0.258. The number of aryl methyl sites for hydroxylation is 1. The predicted molar refractivity (Wildman–Crippen MR) is 66.4 cm³/mol. The van der Waals surface area contributed by atoms with Gasteiger partial charge in [0.15, 0.2) is 0 Å². The molecule has 1 saturated carbocycles. The molecule has 86 valence electrons. The lowest BCUT2D eigenvalue weighted by atomic mass is 9.90. The number of hydrogen-bond acceptors (Lipinski definition) is 2. The van der Waals surface area contributed by atoms with Crippen LogP contribution in [-0.2, 0) is 14.9 Å². The van der Waals surface area contributed by atoms with Crippen molar-refractivity contribution in [3.8, 4) is 0 Å². The number of hydrogen-bond donors (Lipinski definition) is 0. The normalized spacial score (nSPS) is 27.6. The largest absolute Gasteiger partial charge is 0.468 e. The molecule has 1 aromatic rings. The molecule has 0 radical (unpaired) electrons. The zero-order valence-electron chi connectivity index (χ0n) is 9.71. The second kappa shape index (κ2) is 3.88. The summed E-state index contributed by atoms with van der Waals surface area (Å²) in [6, 6.07) is 6.07. The molecule has 0 aromatic heterocycles. The van der Waals surface area contributed by atoms with Gasteiger partial charge in [0.1, 0.15) is 0 Å². The van der Waals surface area contributed by atoms with Gasteiger partial charge < -0.3 is 4.74 Å². The van der Waals surface area contributed by atoms with Crippen molar-refractivity contribution in [2.45, 2.75) is 25.7 Å². The average Bonchev–Trinajstić information content (AvgIpc) is 2.94. The van der Waals surface area contributed by atoms with Crippen molar-refractivity contribution in [1.82, 2.24) is 0 Å². The highest BCUT2D eigenvalue weighted by molar-refractivity contribution is 9.10. The first-order chi connectivity index (χ1) is 7.52. The molecule has 0 amide bonds. The number of halogens is 1. The fraction of sp³-hybridized carbons (Fsp3) is 0.462. The second-order valence-electron chi connectivity index (χ2n) is 4.53. The van der Waals surface area contributed by atoms with Gasteiger partial charge in [0, 0.05) is 4.47 Å². The minimum absolute atomic E-state index is 0.110. The Labute approximate surface area is 104 Å². The Morgan fingerprint density at radius 1 is 1.56 bits per heavy atom. The molecule has 1 aromatic carbocycles. The zero-order chi connectivity index (χ0) is 11.9. The van der Waals surface area contributed by atoms with E-state index in [2.05, 4.69) is 22.9 Å². The van der Waals surface area contributed by atoms with Gasteiger partial charge in [0.25, 0.3) is 0 Å². The van der Waals surface area contributed by atoms with E-state index in [1.54, 1.807) is 0 Å². The van der Waals surface area contributed by atoms with Crippen molar-refractivity contribution in [3.05, 3.63) is 33.8 Å². The smallest absolute Gasteiger partial charge is 0.316 e. The topological polar surface area (TPSA) is 26.3 Å². The Kier molecular flexibility index (Phi) is 2.82. The van der Waals surface area contributed by atoms with Crippen LogP contribution in [0.4, 0.5) is 0 Å². The van der Waals surface area contributed by atoms with Crippen molar-refractivity contribution in [2.75, 3.05) is 7.11 Å². The molecule has 1 aliphatic carbocycles. The van der Waals surface area contributed by atoms with Crippen LogP contribution in [-0.4, -0.2) is 13.1 Å². The maximum absolute atomic E-state index is 11.9. The van der Waals surface area contributed by atoms with Crippen molar-refractivity contribution in [3.63, 3.8) is 0 Å². The molecule has 3 heteroatoms. The third kappa shape index (κ3) is 1.58. The van der Waals surface area contributed by atoms with Crippen LogP contribution in [0.25, 0.3) is 0 Å². The first-order valence-corrected chi connectivity index (χ1v) is 6.16. The summed E-state index contributed by atoms with van der Waals surface area (Å²) in [6.07, 6.45) is 0.886. The molecule has 16 heavy (non-hydrogen) atoms. The molecule has 2 nitrogen and oxygen atoms in total. The lowest BCUT2D eigenvalue weighted by molar-refractivity contribution is -0.144. The first-order valence-electron chi connectivity index (χ1n) is 5.37. The molecule has 1 fully saturated rings. The maximum atomic E-state index is 11.9. The van der Waals surface area contributed by atoms with E-state index < -0.39 is 5.41 Å². The summed E-state index contributed by atoms with van der Waals surface area (Å²) < 4.78 is 5.95. The molecule has 2 unspecified atom stereocenters. The summed E-state index contributed by atoms with van der Waals surface area (Å²) in [4.78, 5) is 11.9.